The maximum absolute atomic E-state index is 5.98. The highest BCUT2D eigenvalue weighted by atomic mass is 35.5. The van der Waals surface area contributed by atoms with Crippen LogP contribution < -0.4 is 4.74 Å². The summed E-state index contributed by atoms with van der Waals surface area (Å²) in [6.45, 7) is 5.97. The third kappa shape index (κ3) is 4.05. The Bertz CT molecular complexity index is 425. The van der Waals surface area contributed by atoms with Crippen molar-refractivity contribution in [3.05, 3.63) is 17.0 Å². The second-order valence-corrected chi connectivity index (χ2v) is 5.84. The van der Waals surface area contributed by atoms with E-state index in [1.54, 1.807) is 6.07 Å². The monoisotopic (exact) mass is 283 g/mol. The summed E-state index contributed by atoms with van der Waals surface area (Å²) in [5, 5.41) is 0.451. The van der Waals surface area contributed by atoms with Gasteiger partial charge < -0.3 is 9.64 Å². The van der Waals surface area contributed by atoms with Crippen molar-refractivity contribution in [2.24, 2.45) is 0 Å². The Morgan fingerprint density at radius 2 is 2.26 bits per heavy atom. The van der Waals surface area contributed by atoms with Crippen LogP contribution in [0.25, 0.3) is 0 Å². The summed E-state index contributed by atoms with van der Waals surface area (Å²) >= 11 is 5.98. The van der Waals surface area contributed by atoms with Gasteiger partial charge in [-0.25, -0.2) is 4.98 Å². The molecule has 1 unspecified atom stereocenters. The van der Waals surface area contributed by atoms with E-state index in [2.05, 4.69) is 21.9 Å². The third-order valence-corrected chi connectivity index (χ3v) is 3.77. The Hall–Kier alpha value is -0.870. The number of halogens is 1. The van der Waals surface area contributed by atoms with Crippen LogP contribution in [0, 0.1) is 0 Å². The fourth-order valence-electron chi connectivity index (χ4n) is 2.39. The maximum atomic E-state index is 5.98. The molecule has 19 heavy (non-hydrogen) atoms. The summed E-state index contributed by atoms with van der Waals surface area (Å²) < 4.78 is 5.73. The van der Waals surface area contributed by atoms with Gasteiger partial charge in [-0.3, -0.25) is 0 Å². The molecule has 0 aliphatic carbocycles. The smallest absolute Gasteiger partial charge is 0.218 e. The van der Waals surface area contributed by atoms with Gasteiger partial charge in [-0.15, -0.1) is 0 Å². The molecule has 1 saturated heterocycles. The molecular formula is C14H22ClN3O. The van der Waals surface area contributed by atoms with Gasteiger partial charge >= 0.3 is 0 Å². The lowest BCUT2D eigenvalue weighted by molar-refractivity contribution is 0.228. The van der Waals surface area contributed by atoms with E-state index in [9.17, 15) is 0 Å². The van der Waals surface area contributed by atoms with Crippen LogP contribution in [0.3, 0.4) is 0 Å². The van der Waals surface area contributed by atoms with Gasteiger partial charge in [0.05, 0.1) is 6.61 Å². The molecule has 1 atom stereocenters. The molecule has 1 aliphatic rings. The van der Waals surface area contributed by atoms with Crippen molar-refractivity contribution in [3.8, 4) is 5.88 Å². The first kappa shape index (κ1) is 14.5. The molecule has 2 heterocycles. The molecule has 4 nitrogen and oxygen atoms in total. The van der Waals surface area contributed by atoms with Crippen molar-refractivity contribution in [2.45, 2.75) is 45.1 Å². The summed E-state index contributed by atoms with van der Waals surface area (Å²) in [7, 11) is 2.18. The Morgan fingerprint density at radius 1 is 1.47 bits per heavy atom. The molecule has 0 radical (unpaired) electrons. The molecule has 1 aromatic heterocycles. The Labute approximate surface area is 120 Å². The zero-order chi connectivity index (χ0) is 13.8. The first-order valence-electron chi connectivity index (χ1n) is 6.94. The predicted octanol–water partition coefficient (Wildman–Crippen LogP) is 3.12. The molecule has 0 spiro atoms. The first-order valence-corrected chi connectivity index (χ1v) is 7.31. The van der Waals surface area contributed by atoms with Gasteiger partial charge in [-0.1, -0.05) is 25.4 Å². The van der Waals surface area contributed by atoms with Crippen molar-refractivity contribution in [3.63, 3.8) is 0 Å². The van der Waals surface area contributed by atoms with Gasteiger partial charge in [0.1, 0.15) is 11.0 Å². The molecule has 106 valence electrons. The number of rotatable bonds is 5. The number of nitrogens with zero attached hydrogens (tertiary/aromatic N) is 3. The molecule has 1 aliphatic heterocycles. The standard InChI is InChI=1S/C14H22ClN3O/c1-10(2)14-16-12(15)9-13(17-14)19-8-6-11-5-4-7-18(11)3/h9-11H,4-8H2,1-3H3. The Kier molecular flexibility index (Phi) is 4.99. The van der Waals surface area contributed by atoms with Gasteiger partial charge in [0.25, 0.3) is 0 Å². The van der Waals surface area contributed by atoms with Crippen molar-refractivity contribution in [2.75, 3.05) is 20.2 Å². The van der Waals surface area contributed by atoms with E-state index in [1.807, 2.05) is 13.8 Å². The maximum Gasteiger partial charge on any atom is 0.218 e. The summed E-state index contributed by atoms with van der Waals surface area (Å²) in [5.41, 5.74) is 0. The van der Waals surface area contributed by atoms with Gasteiger partial charge in [0, 0.05) is 18.0 Å². The van der Waals surface area contributed by atoms with Crippen LogP contribution in [0.5, 0.6) is 5.88 Å². The van der Waals surface area contributed by atoms with Crippen molar-refractivity contribution in [1.29, 1.82) is 0 Å². The van der Waals surface area contributed by atoms with Gasteiger partial charge in [-0.05, 0) is 32.9 Å². The van der Waals surface area contributed by atoms with Crippen LogP contribution >= 0.6 is 11.6 Å². The van der Waals surface area contributed by atoms with E-state index in [-0.39, 0.29) is 5.92 Å². The number of hydrogen-bond donors (Lipinski definition) is 0. The zero-order valence-electron chi connectivity index (χ0n) is 11.9. The minimum absolute atomic E-state index is 0.252. The number of ether oxygens (including phenoxy) is 1. The average molecular weight is 284 g/mol. The number of likely N-dealkylation sites (tertiary alicyclic amines) is 1. The highest BCUT2D eigenvalue weighted by molar-refractivity contribution is 6.29. The molecule has 0 aromatic carbocycles. The fraction of sp³-hybridized carbons (Fsp3) is 0.714. The summed E-state index contributed by atoms with van der Waals surface area (Å²) in [6, 6.07) is 2.33. The second kappa shape index (κ2) is 6.53. The topological polar surface area (TPSA) is 38.2 Å². The molecule has 0 amide bonds. The van der Waals surface area contributed by atoms with Crippen LogP contribution in [0.4, 0.5) is 0 Å². The molecule has 0 N–H and O–H groups in total. The highest BCUT2D eigenvalue weighted by Crippen LogP contribution is 2.20. The van der Waals surface area contributed by atoms with Crippen molar-refractivity contribution >= 4 is 11.6 Å². The molecule has 1 fully saturated rings. The molecule has 5 heteroatoms. The minimum atomic E-state index is 0.252. The zero-order valence-corrected chi connectivity index (χ0v) is 12.7. The van der Waals surface area contributed by atoms with E-state index in [1.165, 1.54) is 19.4 Å². The number of aromatic nitrogens is 2. The number of hydrogen-bond acceptors (Lipinski definition) is 4. The van der Waals surface area contributed by atoms with Crippen LogP contribution in [0.15, 0.2) is 6.07 Å². The molecule has 1 aromatic rings. The van der Waals surface area contributed by atoms with Crippen LogP contribution in [0.2, 0.25) is 5.15 Å². The van der Waals surface area contributed by atoms with E-state index in [0.29, 0.717) is 23.7 Å². The lowest BCUT2D eigenvalue weighted by Gasteiger charge is -2.19. The second-order valence-electron chi connectivity index (χ2n) is 5.46. The predicted molar refractivity (Wildman–Crippen MR) is 76.9 cm³/mol. The van der Waals surface area contributed by atoms with Crippen molar-refractivity contribution < 1.29 is 4.74 Å². The summed E-state index contributed by atoms with van der Waals surface area (Å²) in [4.78, 5) is 11.0. The fourth-order valence-corrected chi connectivity index (χ4v) is 2.57. The minimum Gasteiger partial charge on any atom is -0.477 e. The molecular weight excluding hydrogens is 262 g/mol. The van der Waals surface area contributed by atoms with E-state index >= 15 is 0 Å². The summed E-state index contributed by atoms with van der Waals surface area (Å²) in [5.74, 6) is 1.58. The molecule has 0 bridgehead atoms. The van der Waals surface area contributed by atoms with Gasteiger partial charge in [-0.2, -0.15) is 4.98 Å². The van der Waals surface area contributed by atoms with Crippen LogP contribution in [0.1, 0.15) is 44.9 Å². The van der Waals surface area contributed by atoms with Gasteiger partial charge in [0.15, 0.2) is 0 Å². The Morgan fingerprint density at radius 3 is 2.89 bits per heavy atom. The first-order chi connectivity index (χ1) is 9.06. The van der Waals surface area contributed by atoms with Crippen molar-refractivity contribution in [1.82, 2.24) is 14.9 Å². The molecule has 2 rings (SSSR count). The Balaban J connectivity index is 1.88. The molecule has 0 saturated carbocycles. The average Bonchev–Trinajstić information content (AvgIpc) is 2.74. The quantitative estimate of drug-likeness (QED) is 0.778. The van der Waals surface area contributed by atoms with E-state index < -0.39 is 0 Å². The normalized spacial score (nSPS) is 20.2. The largest absolute Gasteiger partial charge is 0.477 e. The summed E-state index contributed by atoms with van der Waals surface area (Å²) in [6.07, 6.45) is 3.59. The van der Waals surface area contributed by atoms with Crippen LogP contribution in [-0.2, 0) is 0 Å². The van der Waals surface area contributed by atoms with Gasteiger partial charge in [0.2, 0.25) is 5.88 Å². The lowest BCUT2D eigenvalue weighted by Crippen LogP contribution is -2.26. The van der Waals surface area contributed by atoms with E-state index in [4.69, 9.17) is 16.3 Å². The lowest BCUT2D eigenvalue weighted by atomic mass is 10.1. The highest BCUT2D eigenvalue weighted by Gasteiger charge is 2.20. The SMILES string of the molecule is CC(C)c1nc(Cl)cc(OCCC2CCCN2C)n1. The third-order valence-electron chi connectivity index (χ3n) is 3.58. The van der Waals surface area contributed by atoms with E-state index in [0.717, 1.165) is 12.2 Å². The van der Waals surface area contributed by atoms with Crippen LogP contribution in [-0.4, -0.2) is 41.1 Å².